The van der Waals surface area contributed by atoms with Gasteiger partial charge in [-0.15, -0.1) is 0 Å². The van der Waals surface area contributed by atoms with Gasteiger partial charge in [-0.1, -0.05) is 89.6 Å². The van der Waals surface area contributed by atoms with E-state index in [0.717, 1.165) is 87.3 Å². The number of para-hydroxylation sites is 1. The summed E-state index contributed by atoms with van der Waals surface area (Å²) in [6, 6.07) is 13.8. The number of piperidine rings is 2. The van der Waals surface area contributed by atoms with Gasteiger partial charge in [-0.2, -0.15) is 10.1 Å². The van der Waals surface area contributed by atoms with Crippen LogP contribution < -0.4 is 25.6 Å². The minimum absolute atomic E-state index is 0.0257. The van der Waals surface area contributed by atoms with Crippen LogP contribution in [0.5, 0.6) is 0 Å². The van der Waals surface area contributed by atoms with Crippen molar-refractivity contribution in [2.75, 3.05) is 60.5 Å². The Balaban J connectivity index is 0.000000258. The molecule has 4 heterocycles. The van der Waals surface area contributed by atoms with E-state index in [2.05, 4.69) is 67.9 Å². The zero-order valence-corrected chi connectivity index (χ0v) is 42.5. The van der Waals surface area contributed by atoms with Crippen molar-refractivity contribution in [1.29, 1.82) is 0 Å². The molecule has 4 amide bonds. The van der Waals surface area contributed by atoms with Gasteiger partial charge in [0.1, 0.15) is 11.9 Å². The number of hydrogen-bond acceptors (Lipinski definition) is 12. The lowest BCUT2D eigenvalue weighted by Gasteiger charge is -2.34. The fourth-order valence-electron chi connectivity index (χ4n) is 8.97. The number of aliphatic hydroxyl groups excluding tert-OH is 1. The molecule has 16 heteroatoms. The SMILES string of the molecule is CC.CC.CCCN(CCC)Cc1cccc(SN2CCC(N(F)c3ncc4c(n3)NC(=O)C43CC3)CC2)c1.Cc1cccc(N(C)C2CCC(=O)NC2=O)c1N(C)C=O.OC1CCCCC1. The van der Waals surface area contributed by atoms with Gasteiger partial charge < -0.3 is 20.2 Å². The number of likely N-dealkylation sites (N-methyl/N-ethyl adjacent to an activating group) is 1. The van der Waals surface area contributed by atoms with Crippen LogP contribution in [0, 0.1) is 6.92 Å². The van der Waals surface area contributed by atoms with E-state index in [-0.39, 0.29) is 35.8 Å². The minimum atomic E-state index is -0.445. The molecule has 3 aromatic rings. The molecule has 0 radical (unpaired) electrons. The highest BCUT2D eigenvalue weighted by molar-refractivity contribution is 7.97. The lowest BCUT2D eigenvalue weighted by molar-refractivity contribution is -0.134. The van der Waals surface area contributed by atoms with Crippen molar-refractivity contribution in [2.45, 2.75) is 167 Å². The van der Waals surface area contributed by atoms with Crippen LogP contribution in [0.2, 0.25) is 0 Å². The Bertz CT molecular complexity index is 2040. The van der Waals surface area contributed by atoms with Crippen LogP contribution in [-0.2, 0) is 31.1 Å². The summed E-state index contributed by atoms with van der Waals surface area (Å²) >= 11 is 1.76. The van der Waals surface area contributed by atoms with Crippen LogP contribution >= 0.6 is 11.9 Å². The van der Waals surface area contributed by atoms with Crippen molar-refractivity contribution in [1.82, 2.24) is 24.5 Å². The van der Waals surface area contributed by atoms with Crippen molar-refractivity contribution in [3.8, 4) is 0 Å². The van der Waals surface area contributed by atoms with Crippen molar-refractivity contribution < 1.29 is 28.8 Å². The molecule has 5 aliphatic rings. The highest BCUT2D eigenvalue weighted by atomic mass is 32.2. The molecular weight excluding hydrogens is 870 g/mol. The molecule has 1 unspecified atom stereocenters. The van der Waals surface area contributed by atoms with Crippen molar-refractivity contribution in [3.05, 3.63) is 65.4 Å². The topological polar surface area (TPSA) is 155 Å². The van der Waals surface area contributed by atoms with E-state index in [9.17, 15) is 19.2 Å². The second-order valence-corrected chi connectivity index (χ2v) is 18.7. The summed E-state index contributed by atoms with van der Waals surface area (Å²) in [5.74, 6) is -0.0370. The van der Waals surface area contributed by atoms with Crippen LogP contribution in [0.15, 0.2) is 53.6 Å². The summed E-state index contributed by atoms with van der Waals surface area (Å²) in [6.07, 6.45) is 14.5. The van der Waals surface area contributed by atoms with Gasteiger partial charge in [0.25, 0.3) is 5.95 Å². The number of hydrogen-bond donors (Lipinski definition) is 3. The predicted octanol–water partition coefficient (Wildman–Crippen LogP) is 9.14. The molecular formula is C51H78FN9O5S. The quantitative estimate of drug-likeness (QED) is 0.0611. The number of benzene rings is 2. The van der Waals surface area contributed by atoms with Gasteiger partial charge in [0.05, 0.1) is 28.9 Å². The van der Waals surface area contributed by atoms with Gasteiger partial charge in [-0.05, 0) is 119 Å². The van der Waals surface area contributed by atoms with Crippen LogP contribution in [-0.4, -0.2) is 107 Å². The summed E-state index contributed by atoms with van der Waals surface area (Å²) in [4.78, 5) is 62.2. The molecule has 3 aliphatic heterocycles. The Labute approximate surface area is 403 Å². The lowest BCUT2D eigenvalue weighted by Crippen LogP contribution is -2.51. The number of aryl methyl sites for hydroxylation is 1. The molecule has 2 saturated carbocycles. The van der Waals surface area contributed by atoms with Gasteiger partial charge in [0.15, 0.2) is 0 Å². The van der Waals surface area contributed by atoms with Crippen LogP contribution in [0.1, 0.15) is 142 Å². The van der Waals surface area contributed by atoms with Crippen LogP contribution in [0.25, 0.3) is 0 Å². The Kier molecular flexibility index (Phi) is 22.5. The van der Waals surface area contributed by atoms with Gasteiger partial charge in [-0.3, -0.25) is 29.4 Å². The Morgan fingerprint density at radius 3 is 2.15 bits per heavy atom. The van der Waals surface area contributed by atoms with Gasteiger partial charge >= 0.3 is 0 Å². The van der Waals surface area contributed by atoms with Gasteiger partial charge in [0, 0.05) is 56.8 Å². The molecule has 0 bridgehead atoms. The third-order valence-electron chi connectivity index (χ3n) is 12.6. The molecule has 1 spiro atoms. The Morgan fingerprint density at radius 2 is 1.57 bits per heavy atom. The maximum Gasteiger partial charge on any atom is 0.256 e. The Hall–Kier alpha value is -4.64. The lowest BCUT2D eigenvalue weighted by atomic mass is 9.98. The number of anilines is 4. The van der Waals surface area contributed by atoms with Crippen molar-refractivity contribution in [3.63, 3.8) is 0 Å². The van der Waals surface area contributed by atoms with Gasteiger partial charge in [0.2, 0.25) is 24.1 Å². The molecule has 8 rings (SSSR count). The minimum Gasteiger partial charge on any atom is -0.393 e. The number of carbonyl (C=O) groups excluding carboxylic acids is 4. The van der Waals surface area contributed by atoms with E-state index >= 15 is 4.48 Å². The molecule has 2 aliphatic carbocycles. The largest absolute Gasteiger partial charge is 0.393 e. The first-order chi connectivity index (χ1) is 32.4. The number of aromatic nitrogens is 2. The Morgan fingerprint density at radius 1 is 0.910 bits per heavy atom. The fraction of sp³-hybridized carbons (Fsp3) is 0.608. The summed E-state index contributed by atoms with van der Waals surface area (Å²) < 4.78 is 17.5. The maximum atomic E-state index is 15.2. The van der Waals surface area contributed by atoms with E-state index in [1.54, 1.807) is 32.2 Å². The standard InChI is InChI=1S/C26H35FN6OS.C15H19N3O3.C6H12O.2C2H6/c1-3-12-31(13-4-2)18-19-6-5-7-21(16-19)35-32-14-8-20(9-15-32)33(27)25-28-17-22-23(30-25)29-24(34)26(22)10-11-26;1-10-5-4-6-11(14(10)17(2)9-19)18(3)12-7-8-13(20)16-15(12)21;7-6-4-2-1-3-5-6;2*1-2/h5-7,16-17,20H,3-4,8-15,18H2,1-2H3,(H,28,29,30,34);4-6,9,12H,7-8H2,1-3H3,(H,16,20,21);6-7H,1-5H2;2*1-2H3. The van der Waals surface area contributed by atoms with E-state index < -0.39 is 11.5 Å². The van der Waals surface area contributed by atoms with E-state index in [0.29, 0.717) is 36.6 Å². The van der Waals surface area contributed by atoms with E-state index in [1.807, 2.05) is 57.7 Å². The molecule has 14 nitrogen and oxygen atoms in total. The number of aliphatic hydroxyl groups is 1. The number of nitrogens with zero attached hydrogens (tertiary/aromatic N) is 7. The summed E-state index contributed by atoms with van der Waals surface area (Å²) in [5, 5.41) is 14.8. The maximum absolute atomic E-state index is 15.2. The number of carbonyl (C=O) groups is 4. The highest BCUT2D eigenvalue weighted by Gasteiger charge is 2.57. The average molecular weight is 948 g/mol. The zero-order chi connectivity index (χ0) is 49.1. The molecule has 2 aromatic carbocycles. The number of rotatable bonds is 14. The molecule has 370 valence electrons. The third kappa shape index (κ3) is 14.9. The van der Waals surface area contributed by atoms with E-state index in [1.165, 1.54) is 47.5 Å². The van der Waals surface area contributed by atoms with Crippen LogP contribution in [0.3, 0.4) is 0 Å². The molecule has 3 N–H and O–H groups in total. The number of amides is 4. The monoisotopic (exact) mass is 948 g/mol. The normalized spacial score (nSPS) is 18.6. The molecule has 4 fully saturated rings. The molecule has 1 aromatic heterocycles. The number of halogens is 1. The molecule has 1 atom stereocenters. The fourth-order valence-corrected chi connectivity index (χ4v) is 10.0. The van der Waals surface area contributed by atoms with Crippen molar-refractivity contribution >= 4 is 59.2 Å². The van der Waals surface area contributed by atoms with Gasteiger partial charge in [-0.25, -0.2) is 9.29 Å². The smallest absolute Gasteiger partial charge is 0.256 e. The number of imide groups is 1. The third-order valence-corrected chi connectivity index (χ3v) is 13.7. The zero-order valence-electron chi connectivity index (χ0n) is 41.7. The number of nitrogens with one attached hydrogen (secondary N) is 2. The first kappa shape index (κ1) is 55.0. The highest BCUT2D eigenvalue weighted by Crippen LogP contribution is 2.54. The average Bonchev–Trinajstić information content (AvgIpc) is 4.10. The second kappa shape index (κ2) is 27.4. The molecule has 2 saturated heterocycles. The van der Waals surface area contributed by atoms with Crippen molar-refractivity contribution in [2.24, 2.45) is 0 Å². The van der Waals surface area contributed by atoms with E-state index in [4.69, 9.17) is 5.11 Å². The second-order valence-electron chi connectivity index (χ2n) is 17.5. The summed E-state index contributed by atoms with van der Waals surface area (Å²) in [7, 11) is 3.48. The first-order valence-corrected chi connectivity index (χ1v) is 25.5. The summed E-state index contributed by atoms with van der Waals surface area (Å²) in [5.41, 5.74) is 4.22. The molecule has 67 heavy (non-hydrogen) atoms. The first-order valence-electron chi connectivity index (χ1n) is 24.8. The number of fused-ring (bicyclic) bond motifs is 2. The summed E-state index contributed by atoms with van der Waals surface area (Å²) in [6.45, 7) is 19.2. The predicted molar refractivity (Wildman–Crippen MR) is 270 cm³/mol. The van der Waals surface area contributed by atoms with Crippen LogP contribution in [0.4, 0.5) is 27.6 Å².